The zero-order chi connectivity index (χ0) is 27.0. The van der Waals surface area contributed by atoms with E-state index in [9.17, 15) is 18.0 Å². The summed E-state index contributed by atoms with van der Waals surface area (Å²) in [6, 6.07) is 6.55. The molecule has 0 spiro atoms. The topological polar surface area (TPSA) is 54.0 Å². The molecule has 0 radical (unpaired) electrons. The highest BCUT2D eigenvalue weighted by molar-refractivity contribution is 7.10. The van der Waals surface area contributed by atoms with Crippen molar-refractivity contribution in [2.75, 3.05) is 39.4 Å². The number of thiophene rings is 1. The molecule has 1 aromatic heterocycles. The average Bonchev–Trinajstić information content (AvgIpc) is 3.65. The number of likely N-dealkylation sites (tertiary alicyclic amines) is 1. The predicted molar refractivity (Wildman–Crippen MR) is 142 cm³/mol. The third-order valence-electron chi connectivity index (χ3n) is 8.40. The van der Waals surface area contributed by atoms with Gasteiger partial charge in [0.25, 0.3) is 0 Å². The third-order valence-corrected chi connectivity index (χ3v) is 9.45. The number of hydrogen-bond acceptors (Lipinski definition) is 6. The maximum atomic E-state index is 13.2. The predicted octanol–water partition coefficient (Wildman–Crippen LogP) is 4.69. The lowest BCUT2D eigenvalue weighted by atomic mass is 9.97. The third kappa shape index (κ3) is 6.10. The van der Waals surface area contributed by atoms with Crippen molar-refractivity contribution < 1.29 is 27.4 Å². The van der Waals surface area contributed by atoms with Gasteiger partial charge < -0.3 is 14.8 Å². The minimum absolute atomic E-state index is 0.0890. The molecule has 6 nitrogen and oxygen atoms in total. The molecular weight excluding hydrogens is 527 g/mol. The van der Waals surface area contributed by atoms with Crippen LogP contribution in [0.15, 0.2) is 41.4 Å². The van der Waals surface area contributed by atoms with E-state index in [1.807, 2.05) is 11.1 Å². The first-order chi connectivity index (χ1) is 18.8. The van der Waals surface area contributed by atoms with E-state index in [0.717, 1.165) is 69.2 Å². The van der Waals surface area contributed by atoms with Gasteiger partial charge in [-0.15, -0.1) is 11.3 Å². The molecule has 1 aliphatic carbocycles. The normalized spacial score (nSPS) is 25.7. The van der Waals surface area contributed by atoms with Gasteiger partial charge in [0.1, 0.15) is 0 Å². The molecular formula is C29H34F3N3O3S. The van der Waals surface area contributed by atoms with Gasteiger partial charge in [0.05, 0.1) is 24.3 Å². The highest BCUT2D eigenvalue weighted by atomic mass is 32.1. The van der Waals surface area contributed by atoms with E-state index in [2.05, 4.69) is 21.7 Å². The number of ether oxygens (including phenoxy) is 2. The van der Waals surface area contributed by atoms with Crippen LogP contribution in [-0.2, 0) is 39.8 Å². The van der Waals surface area contributed by atoms with Crippen molar-refractivity contribution in [3.05, 3.63) is 68.5 Å². The second kappa shape index (κ2) is 11.3. The lowest BCUT2D eigenvalue weighted by Gasteiger charge is -2.30. The molecule has 2 aromatic rings. The van der Waals surface area contributed by atoms with E-state index in [0.29, 0.717) is 31.1 Å². The van der Waals surface area contributed by atoms with Crippen LogP contribution in [0.4, 0.5) is 13.2 Å². The first kappa shape index (κ1) is 27.0. The minimum atomic E-state index is -4.37. The van der Waals surface area contributed by atoms with E-state index in [4.69, 9.17) is 9.47 Å². The first-order valence-electron chi connectivity index (χ1n) is 13.8. The van der Waals surface area contributed by atoms with Crippen molar-refractivity contribution in [3.8, 4) is 0 Å². The number of hydrogen-bond donors (Lipinski definition) is 1. The van der Waals surface area contributed by atoms with Gasteiger partial charge in [-0.3, -0.25) is 14.6 Å². The average molecular weight is 562 g/mol. The molecule has 6 rings (SSSR count). The van der Waals surface area contributed by atoms with Crippen LogP contribution < -0.4 is 5.32 Å². The Hall–Kier alpha value is -2.24. The highest BCUT2D eigenvalue weighted by Crippen LogP contribution is 2.40. The van der Waals surface area contributed by atoms with Crippen LogP contribution in [0.2, 0.25) is 0 Å². The summed E-state index contributed by atoms with van der Waals surface area (Å²) >= 11 is 1.76. The van der Waals surface area contributed by atoms with Crippen molar-refractivity contribution in [2.45, 2.75) is 63.1 Å². The smallest absolute Gasteiger partial charge is 0.381 e. The van der Waals surface area contributed by atoms with Crippen molar-refractivity contribution >= 4 is 17.2 Å². The van der Waals surface area contributed by atoms with E-state index in [1.165, 1.54) is 16.5 Å². The second-order valence-electron chi connectivity index (χ2n) is 11.0. The Kier molecular flexibility index (Phi) is 7.83. The summed E-state index contributed by atoms with van der Waals surface area (Å²) in [4.78, 5) is 18.6. The van der Waals surface area contributed by atoms with Crippen molar-refractivity contribution in [3.63, 3.8) is 0 Å². The zero-order valence-corrected chi connectivity index (χ0v) is 22.7. The molecule has 2 atom stereocenters. The molecule has 39 heavy (non-hydrogen) atoms. The van der Waals surface area contributed by atoms with Crippen molar-refractivity contribution in [2.24, 2.45) is 0 Å². The van der Waals surface area contributed by atoms with Gasteiger partial charge in [0.2, 0.25) is 5.91 Å². The Bertz CT molecular complexity index is 1220. The summed E-state index contributed by atoms with van der Waals surface area (Å²) in [6.45, 7) is 4.19. The van der Waals surface area contributed by atoms with Gasteiger partial charge in [-0.25, -0.2) is 0 Å². The summed E-state index contributed by atoms with van der Waals surface area (Å²) in [7, 11) is 0. The van der Waals surface area contributed by atoms with Gasteiger partial charge in [-0.2, -0.15) is 13.2 Å². The van der Waals surface area contributed by atoms with Crippen LogP contribution >= 0.6 is 11.3 Å². The Morgan fingerprint density at radius 3 is 2.74 bits per heavy atom. The number of aryl methyl sites for hydroxylation is 1. The number of alkyl halides is 3. The lowest BCUT2D eigenvalue weighted by Crippen LogP contribution is -2.39. The number of nitrogens with zero attached hydrogens (tertiary/aromatic N) is 2. The Morgan fingerprint density at radius 2 is 1.92 bits per heavy atom. The largest absolute Gasteiger partial charge is 0.416 e. The van der Waals surface area contributed by atoms with Crippen LogP contribution in [0, 0.1) is 0 Å². The fraction of sp³-hybridized carbons (Fsp3) is 0.552. The number of carbonyl (C=O) groups is 1. The summed E-state index contributed by atoms with van der Waals surface area (Å²) in [6.07, 6.45) is 2.10. The molecule has 10 heteroatoms. The molecule has 1 unspecified atom stereocenters. The Balaban J connectivity index is 1.10. The fourth-order valence-corrected chi connectivity index (χ4v) is 7.29. The number of fused-ring (bicyclic) bond motifs is 2. The number of amides is 1. The zero-order valence-electron chi connectivity index (χ0n) is 21.8. The molecule has 3 aliphatic heterocycles. The van der Waals surface area contributed by atoms with Gasteiger partial charge in [-0.05, 0) is 77.9 Å². The minimum Gasteiger partial charge on any atom is -0.381 e. The maximum absolute atomic E-state index is 13.2. The molecule has 0 saturated carbocycles. The van der Waals surface area contributed by atoms with E-state index < -0.39 is 11.7 Å². The molecule has 0 bridgehead atoms. The molecule has 1 aromatic carbocycles. The molecule has 1 N–H and O–H groups in total. The van der Waals surface area contributed by atoms with Crippen molar-refractivity contribution in [1.29, 1.82) is 0 Å². The Morgan fingerprint density at radius 1 is 1.08 bits per heavy atom. The SMILES string of the molecule is O=C(CN1CCc2ccc(C(F)(F)F)cc2C1)NC=C1CN(C2CCOCC2)C[C@@H]1OC1CCc2ccsc21. The summed E-state index contributed by atoms with van der Waals surface area (Å²) in [5, 5.41) is 5.10. The summed E-state index contributed by atoms with van der Waals surface area (Å²) < 4.78 is 51.7. The molecule has 2 saturated heterocycles. The molecule has 4 heterocycles. The van der Waals surface area contributed by atoms with E-state index in [-0.39, 0.29) is 24.7 Å². The number of rotatable bonds is 6. The molecule has 210 valence electrons. The lowest BCUT2D eigenvalue weighted by molar-refractivity contribution is -0.137. The van der Waals surface area contributed by atoms with Gasteiger partial charge in [-0.1, -0.05) is 6.07 Å². The quantitative estimate of drug-likeness (QED) is 0.555. The van der Waals surface area contributed by atoms with E-state index >= 15 is 0 Å². The van der Waals surface area contributed by atoms with Gasteiger partial charge in [0.15, 0.2) is 0 Å². The van der Waals surface area contributed by atoms with Crippen LogP contribution in [0.1, 0.15) is 52.5 Å². The highest BCUT2D eigenvalue weighted by Gasteiger charge is 2.37. The number of nitrogens with one attached hydrogen (secondary N) is 1. The second-order valence-corrected chi connectivity index (χ2v) is 11.9. The molecule has 4 aliphatic rings. The van der Waals surface area contributed by atoms with Crippen LogP contribution in [0.5, 0.6) is 0 Å². The Labute approximate surface area is 230 Å². The number of benzene rings is 1. The standard InChI is InChI=1S/C29H34F3N3O3S/c30-29(31,32)23-3-1-19-5-9-34(15-21(19)13-23)18-27(36)33-14-22-16-35(24-6-10-37-11-7-24)17-26(22)38-25-4-2-20-8-12-39-28(20)25/h1,3,8,12-14,24-26H,2,4-7,9-11,15-18H2,(H,33,36)/t25?,26-/m0/s1. The fourth-order valence-electron chi connectivity index (χ4n) is 6.26. The molecule has 2 fully saturated rings. The summed E-state index contributed by atoms with van der Waals surface area (Å²) in [5.74, 6) is -0.164. The van der Waals surface area contributed by atoms with E-state index in [1.54, 1.807) is 17.4 Å². The van der Waals surface area contributed by atoms with Crippen molar-refractivity contribution in [1.82, 2.24) is 15.1 Å². The van der Waals surface area contributed by atoms with Crippen LogP contribution in [-0.4, -0.2) is 67.2 Å². The monoisotopic (exact) mass is 561 g/mol. The first-order valence-corrected chi connectivity index (χ1v) is 14.6. The number of carbonyl (C=O) groups excluding carboxylic acids is 1. The number of halogens is 3. The summed E-state index contributed by atoms with van der Waals surface area (Å²) in [5.41, 5.74) is 3.37. The maximum Gasteiger partial charge on any atom is 0.416 e. The van der Waals surface area contributed by atoms with Crippen LogP contribution in [0.3, 0.4) is 0 Å². The van der Waals surface area contributed by atoms with Gasteiger partial charge in [0, 0.05) is 56.5 Å². The molecule has 1 amide bonds. The van der Waals surface area contributed by atoms with Crippen LogP contribution in [0.25, 0.3) is 0 Å². The van der Waals surface area contributed by atoms with Gasteiger partial charge >= 0.3 is 6.18 Å².